The molecule has 11 heteroatoms. The van der Waals surface area contributed by atoms with Crippen LogP contribution in [0.4, 0.5) is 5.82 Å². The maximum absolute atomic E-state index is 12.5. The molecule has 0 saturated carbocycles. The maximum Gasteiger partial charge on any atom is 0.240 e. The summed E-state index contributed by atoms with van der Waals surface area (Å²) in [6, 6.07) is 8.22. The van der Waals surface area contributed by atoms with E-state index in [0.717, 1.165) is 37.6 Å². The molecule has 2 N–H and O–H groups in total. The zero-order valence-corrected chi connectivity index (χ0v) is 20.0. The molecule has 1 amide bonds. The van der Waals surface area contributed by atoms with E-state index in [4.69, 9.17) is 9.47 Å². The fourth-order valence-electron chi connectivity index (χ4n) is 3.40. The third-order valence-corrected chi connectivity index (χ3v) is 6.89. The summed E-state index contributed by atoms with van der Waals surface area (Å²) in [5.41, 5.74) is 0.882. The molecule has 2 aromatic rings. The molecule has 10 nitrogen and oxygen atoms in total. The molecular formula is C22H31N5O5S. The third-order valence-electron chi connectivity index (χ3n) is 5.44. The van der Waals surface area contributed by atoms with Gasteiger partial charge in [0, 0.05) is 58.0 Å². The highest BCUT2D eigenvalue weighted by atomic mass is 32.2. The molecule has 33 heavy (non-hydrogen) atoms. The zero-order valence-electron chi connectivity index (χ0n) is 19.2. The lowest BCUT2D eigenvalue weighted by atomic mass is 10.2. The number of ether oxygens (including phenoxy) is 2. The van der Waals surface area contributed by atoms with Crippen molar-refractivity contribution in [1.29, 1.82) is 0 Å². The van der Waals surface area contributed by atoms with Gasteiger partial charge in [-0.3, -0.25) is 4.79 Å². The van der Waals surface area contributed by atoms with Gasteiger partial charge < -0.3 is 24.6 Å². The summed E-state index contributed by atoms with van der Waals surface area (Å²) < 4.78 is 37.7. The van der Waals surface area contributed by atoms with Crippen LogP contribution in [0.5, 0.6) is 11.5 Å². The molecule has 1 aromatic heterocycles. The molecule has 180 valence electrons. The van der Waals surface area contributed by atoms with E-state index in [2.05, 4.69) is 31.9 Å². The number of aromatic nitrogens is 1. The Morgan fingerprint density at radius 2 is 1.79 bits per heavy atom. The second-order valence-electron chi connectivity index (χ2n) is 7.76. The van der Waals surface area contributed by atoms with E-state index in [1.807, 2.05) is 12.1 Å². The van der Waals surface area contributed by atoms with Crippen LogP contribution < -0.4 is 24.4 Å². The van der Waals surface area contributed by atoms with Gasteiger partial charge in [-0.15, -0.1) is 0 Å². The first-order chi connectivity index (χ1) is 15.8. The van der Waals surface area contributed by atoms with E-state index in [9.17, 15) is 13.2 Å². The lowest BCUT2D eigenvalue weighted by molar-refractivity contribution is -0.121. The van der Waals surface area contributed by atoms with E-state index in [-0.39, 0.29) is 23.8 Å². The summed E-state index contributed by atoms with van der Waals surface area (Å²) >= 11 is 0. The number of nitrogens with one attached hydrogen (secondary N) is 2. The molecule has 1 saturated heterocycles. The molecule has 0 radical (unpaired) electrons. The van der Waals surface area contributed by atoms with Crippen molar-refractivity contribution in [3.8, 4) is 11.5 Å². The predicted octanol–water partition coefficient (Wildman–Crippen LogP) is 0.835. The first-order valence-electron chi connectivity index (χ1n) is 10.7. The lowest BCUT2D eigenvalue weighted by Gasteiger charge is -2.33. The van der Waals surface area contributed by atoms with Crippen LogP contribution in [-0.2, 0) is 21.4 Å². The minimum atomic E-state index is -3.78. The predicted molar refractivity (Wildman–Crippen MR) is 125 cm³/mol. The molecule has 2 heterocycles. The van der Waals surface area contributed by atoms with E-state index < -0.39 is 10.0 Å². The van der Waals surface area contributed by atoms with Crippen molar-refractivity contribution in [2.45, 2.75) is 17.9 Å². The number of likely N-dealkylation sites (N-methyl/N-ethyl adjacent to an activating group) is 1. The number of carbonyl (C=O) groups excluding carboxylic acids is 1. The van der Waals surface area contributed by atoms with Crippen LogP contribution in [0.15, 0.2) is 41.4 Å². The highest BCUT2D eigenvalue weighted by molar-refractivity contribution is 7.89. The first kappa shape index (κ1) is 24.7. The van der Waals surface area contributed by atoms with Gasteiger partial charge >= 0.3 is 0 Å². The van der Waals surface area contributed by atoms with Gasteiger partial charge in [-0.25, -0.2) is 18.1 Å². The van der Waals surface area contributed by atoms with Crippen molar-refractivity contribution >= 4 is 21.7 Å². The minimum Gasteiger partial charge on any atom is -0.493 e. The van der Waals surface area contributed by atoms with E-state index in [0.29, 0.717) is 18.0 Å². The SMILES string of the molecule is COc1ccc(S(=O)(=O)NCCC(=O)NCc2ccc(N3CCN(C)CC3)nc2)cc1OC. The van der Waals surface area contributed by atoms with Crippen molar-refractivity contribution in [3.63, 3.8) is 0 Å². The van der Waals surface area contributed by atoms with Gasteiger partial charge in [-0.05, 0) is 30.8 Å². The number of methoxy groups -OCH3 is 2. The summed E-state index contributed by atoms with van der Waals surface area (Å²) in [4.78, 5) is 21.2. The van der Waals surface area contributed by atoms with Crippen molar-refractivity contribution in [1.82, 2.24) is 19.9 Å². The van der Waals surface area contributed by atoms with Crippen molar-refractivity contribution in [2.75, 3.05) is 58.9 Å². The molecule has 1 aromatic carbocycles. The van der Waals surface area contributed by atoms with Crippen molar-refractivity contribution in [3.05, 3.63) is 42.1 Å². The summed E-state index contributed by atoms with van der Waals surface area (Å²) in [6.07, 6.45) is 1.77. The number of pyridine rings is 1. The van der Waals surface area contributed by atoms with Gasteiger partial charge in [0.05, 0.1) is 19.1 Å². The maximum atomic E-state index is 12.5. The lowest BCUT2D eigenvalue weighted by Crippen LogP contribution is -2.44. The van der Waals surface area contributed by atoms with Crippen LogP contribution in [0.1, 0.15) is 12.0 Å². The number of carbonyl (C=O) groups is 1. The number of hydrogen-bond acceptors (Lipinski definition) is 8. The topological polar surface area (TPSA) is 113 Å². The second kappa shape index (κ2) is 11.3. The first-order valence-corrected chi connectivity index (χ1v) is 12.2. The van der Waals surface area contributed by atoms with Crippen molar-refractivity contribution in [2.24, 2.45) is 0 Å². The number of amides is 1. The normalized spacial score (nSPS) is 14.7. The molecule has 1 aliphatic rings. The number of rotatable bonds is 10. The Bertz CT molecular complexity index is 1040. The molecule has 0 atom stereocenters. The van der Waals surface area contributed by atoms with E-state index in [1.165, 1.54) is 32.4 Å². The molecular weight excluding hydrogens is 446 g/mol. The highest BCUT2D eigenvalue weighted by Gasteiger charge is 2.18. The second-order valence-corrected chi connectivity index (χ2v) is 9.52. The Labute approximate surface area is 194 Å². The summed E-state index contributed by atoms with van der Waals surface area (Å²) in [5, 5.41) is 2.79. The van der Waals surface area contributed by atoms with Crippen LogP contribution in [0.2, 0.25) is 0 Å². The molecule has 0 aliphatic carbocycles. The Hall–Kier alpha value is -2.89. The number of piperazine rings is 1. The molecule has 0 spiro atoms. The number of hydrogen-bond donors (Lipinski definition) is 2. The number of sulfonamides is 1. The summed E-state index contributed by atoms with van der Waals surface area (Å²) in [6.45, 7) is 4.21. The molecule has 1 fully saturated rings. The fraction of sp³-hybridized carbons (Fsp3) is 0.455. The fourth-order valence-corrected chi connectivity index (χ4v) is 4.45. The Morgan fingerprint density at radius 3 is 2.42 bits per heavy atom. The van der Waals surface area contributed by atoms with Gasteiger partial charge in [-0.2, -0.15) is 0 Å². The van der Waals surface area contributed by atoms with Crippen LogP contribution in [0.25, 0.3) is 0 Å². The smallest absolute Gasteiger partial charge is 0.240 e. The number of nitrogens with zero attached hydrogens (tertiary/aromatic N) is 3. The van der Waals surface area contributed by atoms with Gasteiger partial charge in [0.15, 0.2) is 11.5 Å². The van der Waals surface area contributed by atoms with Crippen molar-refractivity contribution < 1.29 is 22.7 Å². The van der Waals surface area contributed by atoms with Gasteiger partial charge in [-0.1, -0.05) is 6.07 Å². The standard InChI is InChI=1S/C22H31N5O5S/c1-26-10-12-27(13-11-26)21-7-4-17(15-23-21)16-24-22(28)8-9-25-33(29,30)18-5-6-19(31-2)20(14-18)32-3/h4-7,14-15,25H,8-13,16H2,1-3H3,(H,24,28). The highest BCUT2D eigenvalue weighted by Crippen LogP contribution is 2.29. The zero-order chi connectivity index (χ0) is 23.8. The molecule has 1 aliphatic heterocycles. The Morgan fingerprint density at radius 1 is 1.06 bits per heavy atom. The number of anilines is 1. The summed E-state index contributed by atoms with van der Waals surface area (Å²) in [5.74, 6) is 1.42. The van der Waals surface area contributed by atoms with Crippen LogP contribution in [-0.4, -0.2) is 78.2 Å². The van der Waals surface area contributed by atoms with E-state index >= 15 is 0 Å². The average molecular weight is 478 g/mol. The average Bonchev–Trinajstić information content (AvgIpc) is 2.83. The van der Waals surface area contributed by atoms with Gasteiger partial charge in [0.1, 0.15) is 5.82 Å². The number of benzene rings is 1. The quantitative estimate of drug-likeness (QED) is 0.518. The monoisotopic (exact) mass is 477 g/mol. The van der Waals surface area contributed by atoms with Gasteiger partial charge in [0.25, 0.3) is 0 Å². The van der Waals surface area contributed by atoms with Crippen LogP contribution in [0, 0.1) is 0 Å². The molecule has 0 bridgehead atoms. The summed E-state index contributed by atoms with van der Waals surface area (Å²) in [7, 11) is 1.23. The largest absolute Gasteiger partial charge is 0.493 e. The van der Waals surface area contributed by atoms with Gasteiger partial charge in [0.2, 0.25) is 15.9 Å². The molecule has 3 rings (SSSR count). The molecule has 0 unspecified atom stereocenters. The minimum absolute atomic E-state index is 0.0132. The Kier molecular flexibility index (Phi) is 8.48. The third kappa shape index (κ3) is 6.80. The van der Waals surface area contributed by atoms with E-state index in [1.54, 1.807) is 6.20 Å². The van der Waals surface area contributed by atoms with Crippen LogP contribution in [0.3, 0.4) is 0 Å². The van der Waals surface area contributed by atoms with Crippen LogP contribution >= 0.6 is 0 Å². The Balaban J connectivity index is 1.44.